The minimum Gasteiger partial charge on any atom is -0.323 e. The number of hydrogen-bond acceptors (Lipinski definition) is 4. The highest BCUT2D eigenvalue weighted by atomic mass is 19.4. The molecule has 0 aliphatic rings. The van der Waals surface area contributed by atoms with Crippen molar-refractivity contribution in [1.82, 2.24) is 19.3 Å². The Morgan fingerprint density at radius 2 is 1.90 bits per heavy atom. The van der Waals surface area contributed by atoms with Crippen molar-refractivity contribution in [3.63, 3.8) is 0 Å². The zero-order valence-electron chi connectivity index (χ0n) is 15.3. The number of carbonyl (C=O) groups is 1. The van der Waals surface area contributed by atoms with Gasteiger partial charge in [0.1, 0.15) is 6.54 Å². The second-order valence-electron chi connectivity index (χ2n) is 6.40. The fourth-order valence-electron chi connectivity index (χ4n) is 3.03. The fourth-order valence-corrected chi connectivity index (χ4v) is 3.03. The number of aromatic nitrogens is 4. The van der Waals surface area contributed by atoms with Gasteiger partial charge in [-0.15, -0.1) is 0 Å². The number of alkyl halides is 3. The van der Waals surface area contributed by atoms with Crippen LogP contribution >= 0.6 is 0 Å². The number of halogens is 3. The van der Waals surface area contributed by atoms with E-state index in [1.807, 2.05) is 0 Å². The van der Waals surface area contributed by atoms with Gasteiger partial charge in [0.2, 0.25) is 5.91 Å². The number of anilines is 1. The molecular formula is C20H14F3N5O2. The molecule has 2 heterocycles. The molecule has 30 heavy (non-hydrogen) atoms. The molecular weight excluding hydrogens is 399 g/mol. The van der Waals surface area contributed by atoms with E-state index >= 15 is 0 Å². The molecule has 0 spiro atoms. The molecule has 2 aromatic heterocycles. The first-order chi connectivity index (χ1) is 14.3. The normalized spacial score (nSPS) is 11.6. The monoisotopic (exact) mass is 413 g/mol. The van der Waals surface area contributed by atoms with Crippen LogP contribution in [0.5, 0.6) is 0 Å². The summed E-state index contributed by atoms with van der Waals surface area (Å²) in [5, 5.41) is 6.48. The van der Waals surface area contributed by atoms with Gasteiger partial charge in [0.15, 0.2) is 0 Å². The number of hydrogen-bond donors (Lipinski definition) is 1. The SMILES string of the molecule is O=C(Cn1c(=O)cnc2ccccc21)Nc1cc(C(F)(F)F)ccc1-n1cccn1. The Kier molecular flexibility index (Phi) is 4.82. The number of benzene rings is 2. The van der Waals surface area contributed by atoms with Crippen molar-refractivity contribution in [2.75, 3.05) is 5.32 Å². The average molecular weight is 413 g/mol. The summed E-state index contributed by atoms with van der Waals surface area (Å²) in [4.78, 5) is 28.9. The van der Waals surface area contributed by atoms with Crippen molar-refractivity contribution in [2.24, 2.45) is 0 Å². The fraction of sp³-hybridized carbons (Fsp3) is 0.100. The largest absolute Gasteiger partial charge is 0.416 e. The molecule has 4 aromatic rings. The number of amides is 1. The Bertz CT molecular complexity index is 1280. The molecule has 1 amide bonds. The minimum absolute atomic E-state index is 0.0788. The molecule has 0 aliphatic heterocycles. The van der Waals surface area contributed by atoms with Gasteiger partial charge < -0.3 is 5.32 Å². The summed E-state index contributed by atoms with van der Waals surface area (Å²) in [6, 6.07) is 11.3. The first-order valence-corrected chi connectivity index (χ1v) is 8.78. The zero-order chi connectivity index (χ0) is 21.3. The molecule has 152 valence electrons. The van der Waals surface area contributed by atoms with Gasteiger partial charge in [0.05, 0.1) is 34.2 Å². The molecule has 7 nitrogen and oxygen atoms in total. The summed E-state index contributed by atoms with van der Waals surface area (Å²) < 4.78 is 42.0. The topological polar surface area (TPSA) is 81.8 Å². The van der Waals surface area contributed by atoms with E-state index in [-0.39, 0.29) is 11.4 Å². The van der Waals surface area contributed by atoms with E-state index in [0.717, 1.165) is 18.3 Å². The van der Waals surface area contributed by atoms with E-state index in [4.69, 9.17) is 0 Å². The summed E-state index contributed by atoms with van der Waals surface area (Å²) in [7, 11) is 0. The summed E-state index contributed by atoms with van der Waals surface area (Å²) in [6.07, 6.45) is -0.486. The Morgan fingerprint density at radius 3 is 2.63 bits per heavy atom. The summed E-state index contributed by atoms with van der Waals surface area (Å²) >= 11 is 0. The molecule has 0 bridgehead atoms. The van der Waals surface area contributed by atoms with Crippen molar-refractivity contribution in [2.45, 2.75) is 12.7 Å². The van der Waals surface area contributed by atoms with Gasteiger partial charge in [-0.1, -0.05) is 12.1 Å². The molecule has 0 saturated heterocycles. The predicted octanol–water partition coefficient (Wildman–Crippen LogP) is 3.24. The smallest absolute Gasteiger partial charge is 0.323 e. The summed E-state index contributed by atoms with van der Waals surface area (Å²) in [5.74, 6) is -0.666. The van der Waals surface area contributed by atoms with E-state index < -0.39 is 29.8 Å². The quantitative estimate of drug-likeness (QED) is 0.557. The first kappa shape index (κ1) is 19.4. The molecule has 4 rings (SSSR count). The number of nitrogens with one attached hydrogen (secondary N) is 1. The van der Waals surface area contributed by atoms with Crippen LogP contribution in [0.25, 0.3) is 16.7 Å². The van der Waals surface area contributed by atoms with E-state index in [0.29, 0.717) is 11.0 Å². The first-order valence-electron chi connectivity index (χ1n) is 8.78. The number of para-hydroxylation sites is 2. The van der Waals surface area contributed by atoms with Crippen LogP contribution < -0.4 is 10.9 Å². The number of rotatable bonds is 4. The number of nitrogens with zero attached hydrogens (tertiary/aromatic N) is 4. The lowest BCUT2D eigenvalue weighted by Crippen LogP contribution is -2.28. The molecule has 0 radical (unpaired) electrons. The van der Waals surface area contributed by atoms with Gasteiger partial charge in [-0.05, 0) is 36.4 Å². The van der Waals surface area contributed by atoms with Crippen LogP contribution in [0.15, 0.2) is 71.9 Å². The van der Waals surface area contributed by atoms with E-state index in [1.165, 1.54) is 21.5 Å². The van der Waals surface area contributed by atoms with Crippen LogP contribution in [0, 0.1) is 0 Å². The standard InChI is InChI=1S/C20H14F3N5O2/c21-20(22,23)13-6-7-17(28-9-3-8-25-28)15(10-13)26-18(29)12-27-16-5-2-1-4-14(16)24-11-19(27)30/h1-11H,12H2,(H,26,29). The molecule has 2 aromatic carbocycles. The molecule has 0 saturated carbocycles. The zero-order valence-corrected chi connectivity index (χ0v) is 15.3. The highest BCUT2D eigenvalue weighted by Crippen LogP contribution is 2.33. The third-order valence-electron chi connectivity index (χ3n) is 4.40. The van der Waals surface area contributed by atoms with E-state index in [1.54, 1.807) is 36.5 Å². The maximum absolute atomic E-state index is 13.2. The van der Waals surface area contributed by atoms with Crippen molar-refractivity contribution >= 4 is 22.6 Å². The molecule has 0 fully saturated rings. The van der Waals surface area contributed by atoms with Gasteiger partial charge in [-0.3, -0.25) is 14.2 Å². The summed E-state index contributed by atoms with van der Waals surface area (Å²) in [6.45, 7) is -0.392. The maximum atomic E-state index is 13.2. The molecule has 10 heteroatoms. The summed E-state index contributed by atoms with van der Waals surface area (Å²) in [5.41, 5.74) is -0.281. The highest BCUT2D eigenvalue weighted by molar-refractivity contribution is 5.93. The third kappa shape index (κ3) is 3.79. The van der Waals surface area contributed by atoms with Crippen LogP contribution in [0.3, 0.4) is 0 Å². The lowest BCUT2D eigenvalue weighted by atomic mass is 10.1. The predicted molar refractivity (Wildman–Crippen MR) is 103 cm³/mol. The third-order valence-corrected chi connectivity index (χ3v) is 4.40. The maximum Gasteiger partial charge on any atom is 0.416 e. The van der Waals surface area contributed by atoms with Crippen LogP contribution in [0.4, 0.5) is 18.9 Å². The highest BCUT2D eigenvalue weighted by Gasteiger charge is 2.31. The van der Waals surface area contributed by atoms with Gasteiger partial charge in [-0.25, -0.2) is 9.67 Å². The molecule has 0 atom stereocenters. The molecule has 1 N–H and O–H groups in total. The Balaban J connectivity index is 1.70. The van der Waals surface area contributed by atoms with Crippen LogP contribution in [0.1, 0.15) is 5.56 Å². The van der Waals surface area contributed by atoms with Crippen LogP contribution in [-0.2, 0) is 17.5 Å². The Hall–Kier alpha value is -3.95. The van der Waals surface area contributed by atoms with Crippen LogP contribution in [-0.4, -0.2) is 25.2 Å². The van der Waals surface area contributed by atoms with Gasteiger partial charge in [0.25, 0.3) is 5.56 Å². The second-order valence-corrected chi connectivity index (χ2v) is 6.40. The average Bonchev–Trinajstić information content (AvgIpc) is 3.24. The second kappa shape index (κ2) is 7.47. The Labute approximate surface area is 167 Å². The van der Waals surface area contributed by atoms with Gasteiger partial charge in [0, 0.05) is 12.4 Å². The lowest BCUT2D eigenvalue weighted by Gasteiger charge is -2.15. The van der Waals surface area contributed by atoms with Gasteiger partial charge in [-0.2, -0.15) is 18.3 Å². The Morgan fingerprint density at radius 1 is 1.10 bits per heavy atom. The minimum atomic E-state index is -4.58. The molecule has 0 aliphatic carbocycles. The van der Waals surface area contributed by atoms with Crippen molar-refractivity contribution < 1.29 is 18.0 Å². The van der Waals surface area contributed by atoms with Crippen LogP contribution in [0.2, 0.25) is 0 Å². The number of fused-ring (bicyclic) bond motifs is 1. The molecule has 0 unspecified atom stereocenters. The van der Waals surface area contributed by atoms with Crippen molar-refractivity contribution in [3.05, 3.63) is 83.0 Å². The lowest BCUT2D eigenvalue weighted by molar-refractivity contribution is -0.137. The van der Waals surface area contributed by atoms with E-state index in [2.05, 4.69) is 15.4 Å². The number of carbonyl (C=O) groups excluding carboxylic acids is 1. The van der Waals surface area contributed by atoms with Crippen molar-refractivity contribution in [3.8, 4) is 5.69 Å². The van der Waals surface area contributed by atoms with E-state index in [9.17, 15) is 22.8 Å². The van der Waals surface area contributed by atoms with Gasteiger partial charge >= 0.3 is 6.18 Å². The van der Waals surface area contributed by atoms with Crippen molar-refractivity contribution in [1.29, 1.82) is 0 Å².